The summed E-state index contributed by atoms with van der Waals surface area (Å²) in [5, 5.41) is 23.6. The Hall–Kier alpha value is -3.24. The molecule has 2 aromatic rings. The minimum absolute atomic E-state index is 0.159. The number of halogens is 1. The van der Waals surface area contributed by atoms with Gasteiger partial charge in [-0.3, -0.25) is 0 Å². The SMILES string of the molecule is N#Cc1ccc2c(c1)COC2c1ccc(F)cc1.O=C(O)C(=O)O. The molecule has 1 unspecified atom stereocenters. The zero-order chi connectivity index (χ0) is 17.7. The Bertz CT molecular complexity index is 799. The first-order chi connectivity index (χ1) is 11.4. The molecule has 0 radical (unpaired) electrons. The average molecular weight is 329 g/mol. The molecule has 2 N–H and O–H groups in total. The highest BCUT2D eigenvalue weighted by Crippen LogP contribution is 2.36. The highest BCUT2D eigenvalue weighted by molar-refractivity contribution is 6.27. The number of hydrogen-bond donors (Lipinski definition) is 2. The van der Waals surface area contributed by atoms with Crippen molar-refractivity contribution in [3.05, 3.63) is 70.5 Å². The van der Waals surface area contributed by atoms with Gasteiger partial charge in [-0.1, -0.05) is 18.2 Å². The first kappa shape index (κ1) is 17.1. The fraction of sp³-hybridized carbons (Fsp3) is 0.118. The predicted molar refractivity (Wildman–Crippen MR) is 79.5 cm³/mol. The zero-order valence-electron chi connectivity index (χ0n) is 12.3. The molecule has 1 aliphatic heterocycles. The molecular formula is C17H12FNO5. The number of nitriles is 1. The van der Waals surface area contributed by atoms with Gasteiger partial charge in [-0.25, -0.2) is 14.0 Å². The molecule has 0 aromatic heterocycles. The van der Waals surface area contributed by atoms with Crippen LogP contribution in [0.5, 0.6) is 0 Å². The second kappa shape index (κ2) is 7.35. The van der Waals surface area contributed by atoms with E-state index < -0.39 is 11.9 Å². The molecule has 7 heteroatoms. The van der Waals surface area contributed by atoms with E-state index in [9.17, 15) is 4.39 Å². The first-order valence-corrected chi connectivity index (χ1v) is 6.78. The van der Waals surface area contributed by atoms with Crippen molar-refractivity contribution in [2.24, 2.45) is 0 Å². The highest BCUT2D eigenvalue weighted by Gasteiger charge is 2.24. The molecule has 0 spiro atoms. The van der Waals surface area contributed by atoms with Crippen LogP contribution in [0.1, 0.15) is 28.4 Å². The summed E-state index contributed by atoms with van der Waals surface area (Å²) in [7, 11) is 0. The van der Waals surface area contributed by atoms with Crippen LogP contribution in [0.15, 0.2) is 42.5 Å². The number of nitrogens with zero attached hydrogens (tertiary/aromatic N) is 1. The third kappa shape index (κ3) is 3.94. The lowest BCUT2D eigenvalue weighted by Crippen LogP contribution is -2.09. The maximum atomic E-state index is 12.9. The van der Waals surface area contributed by atoms with Crippen molar-refractivity contribution < 1.29 is 28.9 Å². The van der Waals surface area contributed by atoms with Crippen LogP contribution in [0.2, 0.25) is 0 Å². The predicted octanol–water partition coefficient (Wildman–Crippen LogP) is 2.47. The smallest absolute Gasteiger partial charge is 0.414 e. The van der Waals surface area contributed by atoms with Crippen molar-refractivity contribution in [3.63, 3.8) is 0 Å². The van der Waals surface area contributed by atoms with Crippen molar-refractivity contribution in [2.45, 2.75) is 12.7 Å². The molecule has 1 heterocycles. The number of fused-ring (bicyclic) bond motifs is 1. The summed E-state index contributed by atoms with van der Waals surface area (Å²) in [5.41, 5.74) is 3.65. The number of ether oxygens (including phenoxy) is 1. The Kier molecular flexibility index (Phi) is 5.24. The van der Waals surface area contributed by atoms with Gasteiger partial charge in [0.05, 0.1) is 18.2 Å². The molecule has 2 aromatic carbocycles. The second-order valence-electron chi connectivity index (χ2n) is 4.88. The molecular weight excluding hydrogens is 317 g/mol. The molecule has 1 atom stereocenters. The summed E-state index contributed by atoms with van der Waals surface area (Å²) in [5.74, 6) is -3.90. The normalized spacial score (nSPS) is 14.8. The van der Waals surface area contributed by atoms with E-state index in [0.717, 1.165) is 16.7 Å². The molecule has 0 saturated carbocycles. The van der Waals surface area contributed by atoms with E-state index in [1.165, 1.54) is 12.1 Å². The second-order valence-corrected chi connectivity index (χ2v) is 4.88. The standard InChI is InChI=1S/C15H10FNO.C2H2O4/c16-13-4-2-11(3-5-13)15-14-6-1-10(8-17)7-12(14)9-18-15;3-1(4)2(5)6/h1-7,15H,9H2;(H,3,4)(H,5,6). The van der Waals surface area contributed by atoms with Gasteiger partial charge in [0, 0.05) is 0 Å². The van der Waals surface area contributed by atoms with Crippen molar-refractivity contribution >= 4 is 11.9 Å². The quantitative estimate of drug-likeness (QED) is 0.778. The number of aliphatic carboxylic acids is 2. The van der Waals surface area contributed by atoms with Crippen molar-refractivity contribution in [3.8, 4) is 6.07 Å². The maximum Gasteiger partial charge on any atom is 0.414 e. The van der Waals surface area contributed by atoms with Crippen molar-refractivity contribution in [1.82, 2.24) is 0 Å². The monoisotopic (exact) mass is 329 g/mol. The minimum atomic E-state index is -1.82. The van der Waals surface area contributed by atoms with Crippen LogP contribution in [0.3, 0.4) is 0 Å². The topological polar surface area (TPSA) is 108 Å². The van der Waals surface area contributed by atoms with Gasteiger partial charge in [-0.2, -0.15) is 5.26 Å². The molecule has 122 valence electrons. The van der Waals surface area contributed by atoms with Crippen LogP contribution in [0.25, 0.3) is 0 Å². The van der Waals surface area contributed by atoms with E-state index in [1.807, 2.05) is 12.1 Å². The van der Waals surface area contributed by atoms with Gasteiger partial charge in [0.1, 0.15) is 11.9 Å². The fourth-order valence-corrected chi connectivity index (χ4v) is 2.23. The first-order valence-electron chi connectivity index (χ1n) is 6.78. The van der Waals surface area contributed by atoms with E-state index in [-0.39, 0.29) is 11.9 Å². The molecule has 0 amide bonds. The number of benzene rings is 2. The fourth-order valence-electron chi connectivity index (χ4n) is 2.23. The minimum Gasteiger partial charge on any atom is -0.473 e. The Morgan fingerprint density at radius 1 is 1.12 bits per heavy atom. The van der Waals surface area contributed by atoms with Gasteiger partial charge >= 0.3 is 11.9 Å². The Morgan fingerprint density at radius 2 is 1.75 bits per heavy atom. The molecule has 6 nitrogen and oxygen atoms in total. The summed E-state index contributed by atoms with van der Waals surface area (Å²) in [6.07, 6.45) is -0.159. The van der Waals surface area contributed by atoms with Crippen molar-refractivity contribution in [1.29, 1.82) is 5.26 Å². The van der Waals surface area contributed by atoms with Crippen LogP contribution in [-0.4, -0.2) is 22.2 Å². The number of rotatable bonds is 1. The number of carbonyl (C=O) groups is 2. The van der Waals surface area contributed by atoms with Crippen LogP contribution in [0, 0.1) is 17.1 Å². The van der Waals surface area contributed by atoms with E-state index in [0.29, 0.717) is 12.2 Å². The van der Waals surface area contributed by atoms with E-state index in [1.54, 1.807) is 18.2 Å². The Labute approximate surface area is 136 Å². The summed E-state index contributed by atoms with van der Waals surface area (Å²) < 4.78 is 18.6. The lowest BCUT2D eigenvalue weighted by molar-refractivity contribution is -0.159. The molecule has 3 rings (SSSR count). The Morgan fingerprint density at radius 3 is 2.29 bits per heavy atom. The lowest BCUT2D eigenvalue weighted by atomic mass is 9.98. The largest absolute Gasteiger partial charge is 0.473 e. The van der Waals surface area contributed by atoms with Crippen LogP contribution in [0.4, 0.5) is 4.39 Å². The molecule has 1 aliphatic rings. The van der Waals surface area contributed by atoms with Crippen LogP contribution >= 0.6 is 0 Å². The van der Waals surface area contributed by atoms with Gasteiger partial charge in [-0.05, 0) is 41.0 Å². The summed E-state index contributed by atoms with van der Waals surface area (Å²) >= 11 is 0. The number of carboxylic acid groups (broad SMARTS) is 2. The van der Waals surface area contributed by atoms with E-state index in [2.05, 4.69) is 6.07 Å². The molecule has 24 heavy (non-hydrogen) atoms. The molecule has 0 fully saturated rings. The molecule has 0 saturated heterocycles. The summed E-state index contributed by atoms with van der Waals surface area (Å²) in [4.78, 5) is 18.2. The lowest BCUT2D eigenvalue weighted by Gasteiger charge is -2.11. The van der Waals surface area contributed by atoms with Gasteiger partial charge in [0.2, 0.25) is 0 Å². The molecule has 0 bridgehead atoms. The van der Waals surface area contributed by atoms with Crippen molar-refractivity contribution in [2.75, 3.05) is 0 Å². The average Bonchev–Trinajstić information content (AvgIpc) is 2.99. The van der Waals surface area contributed by atoms with Crippen LogP contribution in [-0.2, 0) is 20.9 Å². The zero-order valence-corrected chi connectivity index (χ0v) is 12.3. The van der Waals surface area contributed by atoms with Gasteiger partial charge < -0.3 is 14.9 Å². The maximum absolute atomic E-state index is 12.9. The van der Waals surface area contributed by atoms with Gasteiger partial charge in [0.15, 0.2) is 0 Å². The van der Waals surface area contributed by atoms with E-state index >= 15 is 0 Å². The highest BCUT2D eigenvalue weighted by atomic mass is 19.1. The molecule has 0 aliphatic carbocycles. The summed E-state index contributed by atoms with van der Waals surface area (Å²) in [6, 6.07) is 14.0. The van der Waals surface area contributed by atoms with Crippen LogP contribution < -0.4 is 0 Å². The summed E-state index contributed by atoms with van der Waals surface area (Å²) in [6.45, 7) is 0.493. The number of carboxylic acids is 2. The van der Waals surface area contributed by atoms with Gasteiger partial charge in [0.25, 0.3) is 0 Å². The third-order valence-corrected chi connectivity index (χ3v) is 3.32. The Balaban J connectivity index is 0.000000301. The van der Waals surface area contributed by atoms with E-state index in [4.69, 9.17) is 29.8 Å². The number of hydrogen-bond acceptors (Lipinski definition) is 4. The third-order valence-electron chi connectivity index (χ3n) is 3.32. The van der Waals surface area contributed by atoms with Gasteiger partial charge in [-0.15, -0.1) is 0 Å².